The standard InChI is InChI=1S/C36H44N2O4/c1-24-31(20-38-23-36(4)19-30(38)18-35(2,3)22-36)41-34(42-32(24)26-12-10-25(21-39)11-13-26)28-14-16-29(17-15-28)37-33(40)27-8-6-5-7-9-27/h5-17,24,30-32,34,39H,18-23H2,1-4H3,(H,37,40)/t24-,30?,31+,32+,34+,36?/m0/s1. The number of aliphatic hydroxyl groups is 1. The van der Waals surface area contributed by atoms with Crippen LogP contribution < -0.4 is 5.32 Å². The molecule has 3 aromatic carbocycles. The number of amides is 1. The Bertz CT molecular complexity index is 1370. The van der Waals surface area contributed by atoms with Crippen LogP contribution in [0.2, 0.25) is 0 Å². The Labute approximate surface area is 250 Å². The Hall–Kier alpha value is -3.03. The molecule has 2 N–H and O–H groups in total. The van der Waals surface area contributed by atoms with Crippen molar-refractivity contribution < 1.29 is 19.4 Å². The van der Waals surface area contributed by atoms with Crippen LogP contribution in [0.5, 0.6) is 0 Å². The van der Waals surface area contributed by atoms with Gasteiger partial charge in [0.15, 0.2) is 6.29 Å². The van der Waals surface area contributed by atoms with E-state index >= 15 is 0 Å². The highest BCUT2D eigenvalue weighted by Crippen LogP contribution is 2.53. The van der Waals surface area contributed by atoms with E-state index in [4.69, 9.17) is 9.47 Å². The molecule has 0 aromatic heterocycles. The van der Waals surface area contributed by atoms with Crippen molar-refractivity contribution in [2.24, 2.45) is 16.7 Å². The number of ether oxygens (including phenoxy) is 2. The summed E-state index contributed by atoms with van der Waals surface area (Å²) in [5.74, 6) is 0.00780. The molecule has 2 unspecified atom stereocenters. The van der Waals surface area contributed by atoms with Crippen LogP contribution in [-0.4, -0.2) is 41.1 Å². The lowest BCUT2D eigenvalue weighted by Gasteiger charge is -2.43. The summed E-state index contributed by atoms with van der Waals surface area (Å²) < 4.78 is 13.5. The van der Waals surface area contributed by atoms with Gasteiger partial charge in [-0.2, -0.15) is 0 Å². The van der Waals surface area contributed by atoms with E-state index in [0.717, 1.165) is 35.5 Å². The summed E-state index contributed by atoms with van der Waals surface area (Å²) in [5, 5.41) is 12.6. The molecule has 2 bridgehead atoms. The number of carbonyl (C=O) groups excluding carboxylic acids is 1. The Morgan fingerprint density at radius 1 is 0.929 bits per heavy atom. The lowest BCUT2D eigenvalue weighted by Crippen LogP contribution is -2.46. The van der Waals surface area contributed by atoms with Crippen LogP contribution >= 0.6 is 0 Å². The van der Waals surface area contributed by atoms with E-state index in [1.165, 1.54) is 19.3 Å². The molecule has 222 valence electrons. The number of nitrogens with one attached hydrogen (secondary N) is 1. The molecule has 1 amide bonds. The van der Waals surface area contributed by atoms with Crippen molar-refractivity contribution in [3.63, 3.8) is 0 Å². The Balaban J connectivity index is 1.22. The monoisotopic (exact) mass is 568 g/mol. The van der Waals surface area contributed by atoms with Gasteiger partial charge in [0.05, 0.1) is 18.8 Å². The minimum Gasteiger partial charge on any atom is -0.392 e. The summed E-state index contributed by atoms with van der Waals surface area (Å²) in [4.78, 5) is 15.3. The van der Waals surface area contributed by atoms with Gasteiger partial charge >= 0.3 is 0 Å². The quantitative estimate of drug-likeness (QED) is 0.318. The van der Waals surface area contributed by atoms with Gasteiger partial charge < -0.3 is 19.9 Å². The normalized spacial score (nSPS) is 30.6. The number of nitrogens with zero attached hydrogens (tertiary/aromatic N) is 1. The maximum atomic E-state index is 12.7. The minimum absolute atomic E-state index is 0.00482. The van der Waals surface area contributed by atoms with Crippen LogP contribution in [0.4, 0.5) is 5.69 Å². The predicted octanol–water partition coefficient (Wildman–Crippen LogP) is 7.12. The minimum atomic E-state index is -0.526. The zero-order valence-corrected chi connectivity index (χ0v) is 25.3. The first-order chi connectivity index (χ1) is 20.1. The third-order valence-corrected chi connectivity index (χ3v) is 9.54. The van der Waals surface area contributed by atoms with Crippen LogP contribution in [0.1, 0.15) is 86.4 Å². The fourth-order valence-electron chi connectivity index (χ4n) is 7.87. The fourth-order valence-corrected chi connectivity index (χ4v) is 7.87. The van der Waals surface area contributed by atoms with Crippen molar-refractivity contribution in [3.05, 3.63) is 101 Å². The molecule has 3 fully saturated rings. The van der Waals surface area contributed by atoms with Gasteiger partial charge in [0.25, 0.3) is 5.91 Å². The lowest BCUT2D eigenvalue weighted by molar-refractivity contribution is -0.276. The van der Waals surface area contributed by atoms with E-state index < -0.39 is 6.29 Å². The lowest BCUT2D eigenvalue weighted by atomic mass is 9.65. The molecule has 6 atom stereocenters. The number of carbonyl (C=O) groups is 1. The summed E-state index contributed by atoms with van der Waals surface area (Å²) in [7, 11) is 0. The summed E-state index contributed by atoms with van der Waals surface area (Å²) >= 11 is 0. The van der Waals surface area contributed by atoms with Gasteiger partial charge in [-0.3, -0.25) is 9.69 Å². The topological polar surface area (TPSA) is 71.0 Å². The van der Waals surface area contributed by atoms with Gasteiger partial charge in [-0.25, -0.2) is 0 Å². The Morgan fingerprint density at radius 3 is 2.31 bits per heavy atom. The zero-order chi connectivity index (χ0) is 29.5. The second-order valence-electron chi connectivity index (χ2n) is 13.9. The number of aliphatic hydroxyl groups excluding tert-OH is 1. The highest BCUT2D eigenvalue weighted by atomic mass is 16.7. The van der Waals surface area contributed by atoms with E-state index in [2.05, 4.69) is 50.0 Å². The van der Waals surface area contributed by atoms with Gasteiger partial charge in [-0.1, -0.05) is 82.3 Å². The molecule has 1 saturated carbocycles. The smallest absolute Gasteiger partial charge is 0.255 e. The van der Waals surface area contributed by atoms with Crippen LogP contribution in [0.25, 0.3) is 0 Å². The largest absolute Gasteiger partial charge is 0.392 e. The molecule has 2 saturated heterocycles. The third-order valence-electron chi connectivity index (χ3n) is 9.54. The summed E-state index contributed by atoms with van der Waals surface area (Å²) in [6.07, 6.45) is 3.09. The molecule has 3 aromatic rings. The molecule has 0 spiro atoms. The number of benzene rings is 3. The molecule has 6 rings (SSSR count). The second kappa shape index (κ2) is 11.6. The van der Waals surface area contributed by atoms with Crippen molar-refractivity contribution in [2.45, 2.75) is 78.1 Å². The zero-order valence-electron chi connectivity index (χ0n) is 25.3. The molecule has 0 radical (unpaired) electrons. The van der Waals surface area contributed by atoms with E-state index in [-0.39, 0.29) is 30.6 Å². The first kappa shape index (κ1) is 29.1. The number of hydrogen-bond acceptors (Lipinski definition) is 5. The maximum absolute atomic E-state index is 12.7. The van der Waals surface area contributed by atoms with Crippen molar-refractivity contribution in [1.29, 1.82) is 0 Å². The van der Waals surface area contributed by atoms with Gasteiger partial charge in [0.1, 0.15) is 0 Å². The number of anilines is 1. The molecule has 2 heterocycles. The molecule has 1 aliphatic carbocycles. The molecule has 42 heavy (non-hydrogen) atoms. The third kappa shape index (κ3) is 6.18. The molecule has 6 nitrogen and oxygen atoms in total. The second-order valence-corrected chi connectivity index (χ2v) is 13.9. The van der Waals surface area contributed by atoms with E-state index in [9.17, 15) is 9.90 Å². The molecular weight excluding hydrogens is 524 g/mol. The maximum Gasteiger partial charge on any atom is 0.255 e. The molecular formula is C36H44N2O4. The van der Waals surface area contributed by atoms with E-state index in [1.54, 1.807) is 12.1 Å². The van der Waals surface area contributed by atoms with Crippen LogP contribution in [0.15, 0.2) is 78.9 Å². The number of likely N-dealkylation sites (tertiary alicyclic amines) is 1. The van der Waals surface area contributed by atoms with Gasteiger partial charge in [0.2, 0.25) is 0 Å². The van der Waals surface area contributed by atoms with Gasteiger partial charge in [0, 0.05) is 41.9 Å². The average Bonchev–Trinajstić information content (AvgIpc) is 3.22. The Kier molecular flexibility index (Phi) is 8.01. The van der Waals surface area contributed by atoms with Gasteiger partial charge in [-0.05, 0) is 65.5 Å². The van der Waals surface area contributed by atoms with Crippen molar-refractivity contribution in [3.8, 4) is 0 Å². The van der Waals surface area contributed by atoms with Crippen molar-refractivity contribution in [2.75, 3.05) is 18.4 Å². The molecule has 3 aliphatic rings. The SMILES string of the molecule is C[C@H]1[C@@H](CN2CC3(C)CC2CC(C)(C)C3)O[C@@H](c2ccc(NC(=O)c3ccccc3)cc2)O[C@H]1c1ccc(CO)cc1. The van der Waals surface area contributed by atoms with Crippen LogP contribution in [0, 0.1) is 16.7 Å². The van der Waals surface area contributed by atoms with Crippen molar-refractivity contribution >= 4 is 11.6 Å². The first-order valence-corrected chi connectivity index (χ1v) is 15.3. The Morgan fingerprint density at radius 2 is 1.62 bits per heavy atom. The van der Waals surface area contributed by atoms with Crippen LogP contribution in [0.3, 0.4) is 0 Å². The highest BCUT2D eigenvalue weighted by molar-refractivity contribution is 6.04. The molecule has 6 heteroatoms. The fraction of sp³-hybridized carbons (Fsp3) is 0.472. The van der Waals surface area contributed by atoms with Crippen molar-refractivity contribution in [1.82, 2.24) is 4.90 Å². The van der Waals surface area contributed by atoms with E-state index in [0.29, 0.717) is 22.4 Å². The first-order valence-electron chi connectivity index (χ1n) is 15.3. The predicted molar refractivity (Wildman–Crippen MR) is 165 cm³/mol. The van der Waals surface area contributed by atoms with Crippen LogP contribution in [-0.2, 0) is 16.1 Å². The summed E-state index contributed by atoms with van der Waals surface area (Å²) in [6.45, 7) is 11.6. The van der Waals surface area contributed by atoms with Gasteiger partial charge in [-0.15, -0.1) is 0 Å². The average molecular weight is 569 g/mol. The number of hydrogen-bond donors (Lipinski definition) is 2. The molecule has 2 aliphatic heterocycles. The summed E-state index contributed by atoms with van der Waals surface area (Å²) in [5.41, 5.74) is 4.99. The number of rotatable bonds is 7. The van der Waals surface area contributed by atoms with E-state index in [1.807, 2.05) is 54.6 Å². The number of fused-ring (bicyclic) bond motifs is 2. The summed E-state index contributed by atoms with van der Waals surface area (Å²) in [6, 6.07) is 25.7. The highest BCUT2D eigenvalue weighted by Gasteiger charge is 2.51.